The van der Waals surface area contributed by atoms with Gasteiger partial charge in [0.1, 0.15) is 24.1 Å². The third kappa shape index (κ3) is 6.45. The fourth-order valence-corrected chi connectivity index (χ4v) is 4.12. The second kappa shape index (κ2) is 11.4. The van der Waals surface area contributed by atoms with Crippen molar-refractivity contribution in [3.05, 3.63) is 82.8 Å². The first kappa shape index (κ1) is 24.8. The van der Waals surface area contributed by atoms with Crippen LogP contribution in [-0.4, -0.2) is 85.1 Å². The number of β-amino-alcohol motifs (C(OH)–C–C–N with tert-alkyl or cyclic N) is 1. The molecule has 1 aromatic carbocycles. The van der Waals surface area contributed by atoms with E-state index in [1.165, 1.54) is 6.07 Å². The second-order valence-corrected chi connectivity index (χ2v) is 8.94. The predicted octanol–water partition coefficient (Wildman–Crippen LogP) is 1.09. The fourth-order valence-electron chi connectivity index (χ4n) is 4.12. The predicted molar refractivity (Wildman–Crippen MR) is 136 cm³/mol. The lowest BCUT2D eigenvalue weighted by Gasteiger charge is -2.28. The topological polar surface area (TPSA) is 120 Å². The smallest absolute Gasteiger partial charge is 0.203 e. The molecule has 11 heteroatoms. The molecule has 11 nitrogen and oxygen atoms in total. The lowest BCUT2D eigenvalue weighted by molar-refractivity contribution is 0.00459. The van der Waals surface area contributed by atoms with Gasteiger partial charge in [-0.2, -0.15) is 10.2 Å². The number of ether oxygens (including phenoxy) is 2. The van der Waals surface area contributed by atoms with Crippen molar-refractivity contribution in [3.63, 3.8) is 0 Å². The molecule has 1 N–H and O–H groups in total. The minimum atomic E-state index is -0.608. The first-order valence-corrected chi connectivity index (χ1v) is 12.1. The molecular weight excluding hydrogens is 474 g/mol. The Hall–Kier alpha value is -3.93. The summed E-state index contributed by atoms with van der Waals surface area (Å²) in [5.41, 5.74) is 2.82. The van der Waals surface area contributed by atoms with Gasteiger partial charge in [-0.05, 0) is 11.6 Å². The van der Waals surface area contributed by atoms with Crippen LogP contribution in [0.25, 0.3) is 17.1 Å². The molecule has 1 aliphatic heterocycles. The number of hydrogen-bond acceptors (Lipinski definition) is 9. The largest absolute Gasteiger partial charge is 0.488 e. The number of benzene rings is 1. The lowest BCUT2D eigenvalue weighted by Crippen LogP contribution is -2.42. The van der Waals surface area contributed by atoms with E-state index < -0.39 is 6.10 Å². The van der Waals surface area contributed by atoms with E-state index in [0.717, 1.165) is 29.9 Å². The molecule has 0 amide bonds. The van der Waals surface area contributed by atoms with Crippen LogP contribution in [0.15, 0.2) is 66.1 Å². The maximum absolute atomic E-state index is 12.5. The minimum Gasteiger partial charge on any atom is -0.488 e. The van der Waals surface area contributed by atoms with Crippen molar-refractivity contribution in [1.82, 2.24) is 34.4 Å². The highest BCUT2D eigenvalue weighted by Gasteiger charge is 2.15. The Morgan fingerprint density at radius 2 is 1.95 bits per heavy atom. The summed E-state index contributed by atoms with van der Waals surface area (Å²) in [7, 11) is 1.83. The van der Waals surface area contributed by atoms with Gasteiger partial charge >= 0.3 is 0 Å². The summed E-state index contributed by atoms with van der Waals surface area (Å²) in [5.74, 6) is 1.03. The zero-order valence-electron chi connectivity index (χ0n) is 20.6. The maximum atomic E-state index is 12.5. The van der Waals surface area contributed by atoms with E-state index in [1.807, 2.05) is 37.5 Å². The Morgan fingerprint density at radius 1 is 1.14 bits per heavy atom. The summed E-state index contributed by atoms with van der Waals surface area (Å²) in [6, 6.07) is 9.23. The van der Waals surface area contributed by atoms with E-state index in [-0.39, 0.29) is 12.0 Å². The van der Waals surface area contributed by atoms with Crippen molar-refractivity contribution in [2.24, 2.45) is 7.05 Å². The molecule has 1 fully saturated rings. The van der Waals surface area contributed by atoms with Crippen molar-refractivity contribution < 1.29 is 14.6 Å². The summed E-state index contributed by atoms with van der Waals surface area (Å²) in [4.78, 5) is 23.5. The monoisotopic (exact) mass is 503 g/mol. The summed E-state index contributed by atoms with van der Waals surface area (Å²) >= 11 is 0. The second-order valence-electron chi connectivity index (χ2n) is 8.94. The summed E-state index contributed by atoms with van der Waals surface area (Å²) in [6.45, 7) is 3.71. The molecule has 0 spiro atoms. The number of hydrogen-bond donors (Lipinski definition) is 1. The van der Waals surface area contributed by atoms with E-state index >= 15 is 0 Å². The Labute approximate surface area is 213 Å². The maximum Gasteiger partial charge on any atom is 0.203 e. The molecule has 5 rings (SSSR count). The van der Waals surface area contributed by atoms with Gasteiger partial charge in [0.2, 0.25) is 5.43 Å². The molecule has 3 aromatic heterocycles. The SMILES string of the molecule is Cn1cc(-n2ccc(=O)c(Cc3cccc(-c4ncc(OCC(O)CN5CCOCC5)cn4)c3)n2)cn1. The van der Waals surface area contributed by atoms with Crippen molar-refractivity contribution in [2.75, 3.05) is 39.5 Å². The van der Waals surface area contributed by atoms with Gasteiger partial charge in [0.15, 0.2) is 11.6 Å². The molecule has 0 radical (unpaired) electrons. The number of morpholine rings is 1. The van der Waals surface area contributed by atoms with E-state index in [9.17, 15) is 9.90 Å². The molecule has 4 heterocycles. The van der Waals surface area contributed by atoms with Gasteiger partial charge in [-0.3, -0.25) is 14.4 Å². The summed E-state index contributed by atoms with van der Waals surface area (Å²) in [6.07, 6.45) is 8.12. The molecular formula is C26H29N7O4. The first-order valence-electron chi connectivity index (χ1n) is 12.1. The minimum absolute atomic E-state index is 0.126. The number of nitrogens with zero attached hydrogens (tertiary/aromatic N) is 7. The molecule has 0 saturated carbocycles. The van der Waals surface area contributed by atoms with Crippen molar-refractivity contribution >= 4 is 0 Å². The van der Waals surface area contributed by atoms with E-state index in [1.54, 1.807) is 34.2 Å². The van der Waals surface area contributed by atoms with Gasteiger partial charge in [-0.25, -0.2) is 14.6 Å². The Balaban J connectivity index is 1.22. The lowest BCUT2D eigenvalue weighted by atomic mass is 10.1. The van der Waals surface area contributed by atoms with Crippen LogP contribution in [0, 0.1) is 0 Å². The van der Waals surface area contributed by atoms with Crippen molar-refractivity contribution in [3.8, 4) is 22.8 Å². The third-order valence-electron chi connectivity index (χ3n) is 6.04. The van der Waals surface area contributed by atoms with Crippen LogP contribution in [0.3, 0.4) is 0 Å². The van der Waals surface area contributed by atoms with E-state index in [4.69, 9.17) is 9.47 Å². The highest BCUT2D eigenvalue weighted by Crippen LogP contribution is 2.19. The molecule has 0 aliphatic carbocycles. The molecule has 1 saturated heterocycles. The van der Waals surface area contributed by atoms with Gasteiger partial charge in [0.05, 0.1) is 38.0 Å². The van der Waals surface area contributed by atoms with E-state index in [2.05, 4.69) is 25.1 Å². The number of aliphatic hydroxyl groups is 1. The Morgan fingerprint density at radius 3 is 2.70 bits per heavy atom. The zero-order chi connectivity index (χ0) is 25.6. The van der Waals surface area contributed by atoms with E-state index in [0.29, 0.717) is 43.4 Å². The van der Waals surface area contributed by atoms with Crippen LogP contribution in [0.2, 0.25) is 0 Å². The highest BCUT2D eigenvalue weighted by molar-refractivity contribution is 5.56. The molecule has 1 unspecified atom stereocenters. The van der Waals surface area contributed by atoms with Gasteiger partial charge < -0.3 is 14.6 Å². The molecule has 0 bridgehead atoms. The average molecular weight is 504 g/mol. The van der Waals surface area contributed by atoms with Crippen LogP contribution < -0.4 is 10.2 Å². The van der Waals surface area contributed by atoms with Crippen LogP contribution in [-0.2, 0) is 18.2 Å². The number of aryl methyl sites for hydroxylation is 1. The van der Waals surface area contributed by atoms with Crippen LogP contribution in [0.5, 0.6) is 5.75 Å². The summed E-state index contributed by atoms with van der Waals surface area (Å²) < 4.78 is 14.3. The van der Waals surface area contributed by atoms with Gasteiger partial charge in [0.25, 0.3) is 0 Å². The van der Waals surface area contributed by atoms with Gasteiger partial charge in [-0.15, -0.1) is 0 Å². The molecule has 37 heavy (non-hydrogen) atoms. The Bertz CT molecular complexity index is 1380. The zero-order valence-corrected chi connectivity index (χ0v) is 20.6. The molecule has 1 aliphatic rings. The average Bonchev–Trinajstić information content (AvgIpc) is 3.36. The first-order chi connectivity index (χ1) is 18.0. The third-order valence-corrected chi connectivity index (χ3v) is 6.04. The van der Waals surface area contributed by atoms with Gasteiger partial charge in [0, 0.05) is 50.9 Å². The summed E-state index contributed by atoms with van der Waals surface area (Å²) in [5, 5.41) is 18.9. The fraction of sp³-hybridized carbons (Fsp3) is 0.346. The van der Waals surface area contributed by atoms with Gasteiger partial charge in [-0.1, -0.05) is 18.2 Å². The van der Waals surface area contributed by atoms with Crippen molar-refractivity contribution in [1.29, 1.82) is 0 Å². The number of rotatable bonds is 9. The molecule has 4 aromatic rings. The quantitative estimate of drug-likeness (QED) is 0.358. The van der Waals surface area contributed by atoms with Crippen LogP contribution in [0.4, 0.5) is 0 Å². The Kier molecular flexibility index (Phi) is 7.64. The number of aromatic nitrogens is 6. The van der Waals surface area contributed by atoms with Crippen LogP contribution in [0.1, 0.15) is 11.3 Å². The standard InChI is InChI=1S/C26H29N7O4/c1-31-16-21(13-29-31)33-6-5-25(35)24(30-33)12-19-3-2-4-20(11-19)26-27-14-23(15-28-26)37-18-22(34)17-32-7-9-36-10-8-32/h2-6,11,13-16,22,34H,7-10,12,17-18H2,1H3. The highest BCUT2D eigenvalue weighted by atomic mass is 16.5. The number of aliphatic hydroxyl groups excluding tert-OH is 1. The molecule has 1 atom stereocenters. The normalized spacial score (nSPS) is 15.0. The van der Waals surface area contributed by atoms with Crippen molar-refractivity contribution in [2.45, 2.75) is 12.5 Å². The van der Waals surface area contributed by atoms with Crippen LogP contribution >= 0.6 is 0 Å². The molecule has 192 valence electrons.